The van der Waals surface area contributed by atoms with Crippen molar-refractivity contribution in [3.05, 3.63) is 50.6 Å². The zero-order chi connectivity index (χ0) is 19.3. The zero-order valence-electron chi connectivity index (χ0n) is 14.6. The summed E-state index contributed by atoms with van der Waals surface area (Å²) in [6.07, 6.45) is 0.616. The molecule has 3 N–H and O–H groups in total. The maximum absolute atomic E-state index is 12.3. The van der Waals surface area contributed by atoms with E-state index in [9.17, 15) is 13.2 Å². The number of primary sulfonamides is 1. The highest BCUT2D eigenvalue weighted by atomic mass is 79.9. The van der Waals surface area contributed by atoms with E-state index in [1.165, 1.54) is 17.0 Å². The summed E-state index contributed by atoms with van der Waals surface area (Å²) in [5, 5.41) is 7.99. The lowest BCUT2D eigenvalue weighted by atomic mass is 10.1. The molecule has 1 aromatic heterocycles. The second kappa shape index (κ2) is 9.09. The van der Waals surface area contributed by atoms with Gasteiger partial charge in [-0.2, -0.15) is 0 Å². The third kappa shape index (κ3) is 6.17. The van der Waals surface area contributed by atoms with Gasteiger partial charge in [0.1, 0.15) is 0 Å². The summed E-state index contributed by atoms with van der Waals surface area (Å²) in [6.45, 7) is 3.06. The molecule has 0 fully saturated rings. The van der Waals surface area contributed by atoms with Crippen LogP contribution in [0.15, 0.2) is 45.1 Å². The Morgan fingerprint density at radius 1 is 1.27 bits per heavy atom. The molecule has 0 aliphatic carbocycles. The van der Waals surface area contributed by atoms with E-state index in [1.807, 2.05) is 31.0 Å². The number of carbonyl (C=O) groups excluding carboxylic acids is 1. The van der Waals surface area contributed by atoms with Gasteiger partial charge in [0.2, 0.25) is 15.9 Å². The van der Waals surface area contributed by atoms with Crippen LogP contribution in [0, 0.1) is 0 Å². The Balaban J connectivity index is 1.80. The Hall–Kier alpha value is -1.26. The van der Waals surface area contributed by atoms with Gasteiger partial charge in [-0.25, -0.2) is 13.6 Å². The molecule has 0 aliphatic heterocycles. The Bertz CT molecular complexity index is 850. The molecule has 1 unspecified atom stereocenters. The summed E-state index contributed by atoms with van der Waals surface area (Å²) in [6, 6.07) is 10.2. The molecule has 142 valence electrons. The number of amides is 1. The number of halogens is 1. The number of nitrogens with two attached hydrogens (primary N) is 1. The van der Waals surface area contributed by atoms with Crippen LogP contribution in [0.5, 0.6) is 0 Å². The van der Waals surface area contributed by atoms with Gasteiger partial charge in [-0.05, 0) is 66.2 Å². The highest BCUT2D eigenvalue weighted by Gasteiger charge is 2.18. The summed E-state index contributed by atoms with van der Waals surface area (Å²) >= 11 is 5.09. The van der Waals surface area contributed by atoms with Crippen LogP contribution in [0.2, 0.25) is 0 Å². The molecule has 2 aromatic rings. The molecular weight excluding hydrogens is 438 g/mol. The van der Waals surface area contributed by atoms with Gasteiger partial charge in [-0.3, -0.25) is 9.69 Å². The number of nitrogens with one attached hydrogen (secondary N) is 1. The normalized spacial score (nSPS) is 13.0. The predicted octanol–water partition coefficient (Wildman–Crippen LogP) is 2.34. The number of nitrogens with zero attached hydrogens (tertiary/aromatic N) is 1. The molecule has 9 heteroatoms. The largest absolute Gasteiger partial charge is 0.354 e. The second-order valence-corrected chi connectivity index (χ2v) is 10.1. The smallest absolute Gasteiger partial charge is 0.238 e. The number of thiophene rings is 1. The molecule has 1 heterocycles. The van der Waals surface area contributed by atoms with Crippen LogP contribution in [-0.4, -0.2) is 38.9 Å². The molecule has 0 radical (unpaired) electrons. The number of sulfonamides is 1. The SMILES string of the molecule is CC(C(=O)NCCc1ccc(S(N)(=O)=O)cc1)N(C)Cc1ccc(Br)s1. The molecule has 1 amide bonds. The number of benzene rings is 1. The minimum Gasteiger partial charge on any atom is -0.354 e. The Labute approximate surface area is 166 Å². The summed E-state index contributed by atoms with van der Waals surface area (Å²) in [5.74, 6) is -0.0377. The molecule has 0 aliphatic rings. The molecule has 2 rings (SSSR count). The van der Waals surface area contributed by atoms with Crippen molar-refractivity contribution in [3.63, 3.8) is 0 Å². The molecule has 6 nitrogen and oxygen atoms in total. The molecule has 26 heavy (non-hydrogen) atoms. The number of likely N-dealkylation sites (N-methyl/N-ethyl adjacent to an activating group) is 1. The van der Waals surface area contributed by atoms with Crippen LogP contribution in [0.3, 0.4) is 0 Å². The van der Waals surface area contributed by atoms with Crippen molar-refractivity contribution in [3.8, 4) is 0 Å². The van der Waals surface area contributed by atoms with E-state index < -0.39 is 10.0 Å². The maximum atomic E-state index is 12.3. The van der Waals surface area contributed by atoms with Crippen molar-refractivity contribution >= 4 is 43.2 Å². The van der Waals surface area contributed by atoms with Crippen LogP contribution in [0.4, 0.5) is 0 Å². The minimum absolute atomic E-state index is 0.0377. The fraction of sp³-hybridized carbons (Fsp3) is 0.353. The van der Waals surface area contributed by atoms with Gasteiger partial charge in [-0.1, -0.05) is 12.1 Å². The van der Waals surface area contributed by atoms with Gasteiger partial charge >= 0.3 is 0 Å². The standard InChI is InChI=1S/C17H22BrN3O3S2/c1-12(21(2)11-14-5-8-16(18)25-14)17(22)20-10-9-13-3-6-15(7-4-13)26(19,23)24/h3-8,12H,9-11H2,1-2H3,(H,20,22)(H2,19,23,24). The number of hydrogen-bond donors (Lipinski definition) is 2. The van der Waals surface area contributed by atoms with Gasteiger partial charge in [0.15, 0.2) is 0 Å². The van der Waals surface area contributed by atoms with Crippen molar-refractivity contribution in [2.45, 2.75) is 30.8 Å². The number of rotatable bonds is 8. The van der Waals surface area contributed by atoms with E-state index in [2.05, 4.69) is 21.2 Å². The summed E-state index contributed by atoms with van der Waals surface area (Å²) in [5.41, 5.74) is 0.933. The monoisotopic (exact) mass is 459 g/mol. The molecule has 0 saturated carbocycles. The Kier molecular flexibility index (Phi) is 7.36. The minimum atomic E-state index is -3.68. The average molecular weight is 460 g/mol. The third-order valence-corrected chi connectivity index (χ3v) is 6.58. The van der Waals surface area contributed by atoms with Crippen LogP contribution >= 0.6 is 27.3 Å². The first-order valence-electron chi connectivity index (χ1n) is 8.00. The van der Waals surface area contributed by atoms with Crippen molar-refractivity contribution in [2.24, 2.45) is 5.14 Å². The second-order valence-electron chi connectivity index (χ2n) is 6.03. The average Bonchev–Trinajstić information content (AvgIpc) is 2.98. The molecule has 1 aromatic carbocycles. The lowest BCUT2D eigenvalue weighted by Crippen LogP contribution is -2.43. The zero-order valence-corrected chi connectivity index (χ0v) is 17.8. The Morgan fingerprint density at radius 3 is 2.46 bits per heavy atom. The molecule has 1 atom stereocenters. The van der Waals surface area contributed by atoms with E-state index >= 15 is 0 Å². The fourth-order valence-corrected chi connectivity index (χ4v) is 4.41. The predicted molar refractivity (Wildman–Crippen MR) is 107 cm³/mol. The van der Waals surface area contributed by atoms with Gasteiger partial charge in [0, 0.05) is 18.0 Å². The van der Waals surface area contributed by atoms with Crippen LogP contribution in [-0.2, 0) is 27.8 Å². The highest BCUT2D eigenvalue weighted by molar-refractivity contribution is 9.11. The van der Waals surface area contributed by atoms with E-state index in [4.69, 9.17) is 5.14 Å². The van der Waals surface area contributed by atoms with Crippen LogP contribution in [0.25, 0.3) is 0 Å². The number of carbonyl (C=O) groups is 1. The topological polar surface area (TPSA) is 92.5 Å². The molecule has 0 spiro atoms. The van der Waals surface area contributed by atoms with Crippen molar-refractivity contribution < 1.29 is 13.2 Å². The van der Waals surface area contributed by atoms with Gasteiger partial charge in [0.25, 0.3) is 0 Å². The quantitative estimate of drug-likeness (QED) is 0.633. The third-order valence-electron chi connectivity index (χ3n) is 4.04. The van der Waals surface area contributed by atoms with Crippen molar-refractivity contribution in [1.82, 2.24) is 10.2 Å². The maximum Gasteiger partial charge on any atom is 0.238 e. The van der Waals surface area contributed by atoms with Crippen molar-refractivity contribution in [2.75, 3.05) is 13.6 Å². The lowest BCUT2D eigenvalue weighted by molar-refractivity contribution is -0.125. The first kappa shape index (κ1) is 21.0. The lowest BCUT2D eigenvalue weighted by Gasteiger charge is -2.23. The van der Waals surface area contributed by atoms with Gasteiger partial charge in [0.05, 0.1) is 14.7 Å². The summed E-state index contributed by atoms with van der Waals surface area (Å²) in [7, 11) is -1.76. The number of hydrogen-bond acceptors (Lipinski definition) is 5. The Morgan fingerprint density at radius 2 is 1.92 bits per heavy atom. The van der Waals surface area contributed by atoms with Crippen LogP contribution < -0.4 is 10.5 Å². The molecule has 0 saturated heterocycles. The molecule has 0 bridgehead atoms. The van der Waals surface area contributed by atoms with Crippen molar-refractivity contribution in [1.29, 1.82) is 0 Å². The van der Waals surface area contributed by atoms with Crippen LogP contribution in [0.1, 0.15) is 17.4 Å². The summed E-state index contributed by atoms with van der Waals surface area (Å²) < 4.78 is 23.5. The first-order chi connectivity index (χ1) is 12.2. The fourth-order valence-electron chi connectivity index (χ4n) is 2.34. The van der Waals surface area contributed by atoms with Gasteiger partial charge < -0.3 is 5.32 Å². The van der Waals surface area contributed by atoms with Gasteiger partial charge in [-0.15, -0.1) is 11.3 Å². The van der Waals surface area contributed by atoms with E-state index in [0.29, 0.717) is 19.5 Å². The van der Waals surface area contributed by atoms with E-state index in [0.717, 1.165) is 9.35 Å². The van der Waals surface area contributed by atoms with E-state index in [-0.39, 0.29) is 16.8 Å². The highest BCUT2D eigenvalue weighted by Crippen LogP contribution is 2.23. The summed E-state index contributed by atoms with van der Waals surface area (Å²) in [4.78, 5) is 15.6. The first-order valence-corrected chi connectivity index (χ1v) is 11.2. The molecular formula is C17H22BrN3O3S2. The van der Waals surface area contributed by atoms with E-state index in [1.54, 1.807) is 23.5 Å².